The Kier molecular flexibility index (Phi) is 3.23. The molecule has 2 aromatic rings. The van der Waals surface area contributed by atoms with E-state index in [1.54, 1.807) is 0 Å². The molecule has 1 heterocycles. The Bertz CT molecular complexity index is 666. The van der Waals surface area contributed by atoms with Crippen molar-refractivity contribution in [1.82, 2.24) is 10.2 Å². The van der Waals surface area contributed by atoms with E-state index in [2.05, 4.69) is 10.2 Å². The van der Waals surface area contributed by atoms with Gasteiger partial charge in [0.2, 0.25) is 0 Å². The largest absolute Gasteiger partial charge is 0.418 e. The highest BCUT2D eigenvalue weighted by Gasteiger charge is 2.34. The second-order valence-electron chi connectivity index (χ2n) is 3.57. The molecule has 0 amide bonds. The van der Waals surface area contributed by atoms with E-state index in [9.17, 15) is 21.6 Å². The summed E-state index contributed by atoms with van der Waals surface area (Å²) in [6.45, 7) is 0. The third-order valence-corrected chi connectivity index (χ3v) is 3.54. The van der Waals surface area contributed by atoms with E-state index in [4.69, 9.17) is 0 Å². The molecule has 1 aromatic carbocycles. The Balaban J connectivity index is 2.40. The van der Waals surface area contributed by atoms with Gasteiger partial charge in [0.05, 0.1) is 17.4 Å². The summed E-state index contributed by atoms with van der Waals surface area (Å²) in [6.07, 6.45) is -3.46. The van der Waals surface area contributed by atoms with Crippen molar-refractivity contribution in [3.8, 4) is 0 Å². The maximum atomic E-state index is 12.7. The fraction of sp³-hybridized carbons (Fsp3) is 0.100. The number of halogens is 3. The van der Waals surface area contributed by atoms with Crippen LogP contribution in [0.2, 0.25) is 0 Å². The van der Waals surface area contributed by atoms with Crippen LogP contribution in [0.15, 0.2) is 41.6 Å². The van der Waals surface area contributed by atoms with Crippen LogP contribution >= 0.6 is 0 Å². The number of nitrogens with zero attached hydrogens (tertiary/aromatic N) is 1. The molecule has 1 aromatic heterocycles. The minimum Gasteiger partial charge on any atom is -0.278 e. The van der Waals surface area contributed by atoms with E-state index < -0.39 is 27.5 Å². The summed E-state index contributed by atoms with van der Waals surface area (Å²) in [5.74, 6) is 0. The van der Waals surface area contributed by atoms with Gasteiger partial charge < -0.3 is 0 Å². The van der Waals surface area contributed by atoms with Crippen LogP contribution in [0.3, 0.4) is 0 Å². The van der Waals surface area contributed by atoms with Gasteiger partial charge in [0.25, 0.3) is 10.0 Å². The molecule has 2 rings (SSSR count). The van der Waals surface area contributed by atoms with Crippen molar-refractivity contribution in [3.05, 3.63) is 42.1 Å². The third kappa shape index (κ3) is 2.87. The number of para-hydroxylation sites is 1. The van der Waals surface area contributed by atoms with Crippen molar-refractivity contribution >= 4 is 15.7 Å². The van der Waals surface area contributed by atoms with Gasteiger partial charge in [-0.15, -0.1) is 0 Å². The van der Waals surface area contributed by atoms with Crippen molar-refractivity contribution in [3.63, 3.8) is 0 Å². The van der Waals surface area contributed by atoms with Gasteiger partial charge in [-0.2, -0.15) is 26.7 Å². The minimum absolute atomic E-state index is 0.315. The maximum Gasteiger partial charge on any atom is 0.418 e. The summed E-state index contributed by atoms with van der Waals surface area (Å²) in [5, 5.41) is 5.29. The van der Waals surface area contributed by atoms with Crippen molar-refractivity contribution in [2.75, 3.05) is 4.72 Å². The zero-order valence-electron chi connectivity index (χ0n) is 9.27. The third-order valence-electron chi connectivity index (χ3n) is 2.24. The smallest absolute Gasteiger partial charge is 0.278 e. The zero-order valence-corrected chi connectivity index (χ0v) is 10.1. The molecule has 0 unspecified atom stereocenters. The number of rotatable bonds is 3. The van der Waals surface area contributed by atoms with Gasteiger partial charge in [0.15, 0.2) is 5.03 Å². The van der Waals surface area contributed by atoms with Gasteiger partial charge in [-0.1, -0.05) is 12.1 Å². The lowest BCUT2D eigenvalue weighted by atomic mass is 10.2. The molecule has 0 spiro atoms. The Morgan fingerprint density at radius 3 is 2.42 bits per heavy atom. The van der Waals surface area contributed by atoms with Crippen LogP contribution in [-0.2, 0) is 16.2 Å². The highest BCUT2D eigenvalue weighted by atomic mass is 32.2. The maximum absolute atomic E-state index is 12.7. The van der Waals surface area contributed by atoms with E-state index in [0.29, 0.717) is 0 Å². The molecule has 0 bridgehead atoms. The predicted octanol–water partition coefficient (Wildman–Crippen LogP) is 2.23. The summed E-state index contributed by atoms with van der Waals surface area (Å²) in [5.41, 5.74) is -1.59. The average molecular weight is 291 g/mol. The Hall–Kier alpha value is -2.03. The zero-order chi connectivity index (χ0) is 14.1. The quantitative estimate of drug-likeness (QED) is 0.910. The Morgan fingerprint density at radius 1 is 1.16 bits per heavy atom. The van der Waals surface area contributed by atoms with Crippen molar-refractivity contribution in [2.24, 2.45) is 0 Å². The van der Waals surface area contributed by atoms with E-state index in [-0.39, 0.29) is 5.03 Å². The van der Waals surface area contributed by atoms with Crippen LogP contribution in [-0.4, -0.2) is 18.6 Å². The molecule has 2 N–H and O–H groups in total. The number of alkyl halides is 3. The molecule has 0 atom stereocenters. The lowest BCUT2D eigenvalue weighted by Gasteiger charge is -2.13. The first-order valence-electron chi connectivity index (χ1n) is 4.99. The van der Waals surface area contributed by atoms with Crippen LogP contribution in [0.1, 0.15) is 5.56 Å². The first-order valence-corrected chi connectivity index (χ1v) is 6.47. The topological polar surface area (TPSA) is 74.8 Å². The summed E-state index contributed by atoms with van der Waals surface area (Å²) in [6, 6.07) is 5.46. The highest BCUT2D eigenvalue weighted by molar-refractivity contribution is 7.92. The number of benzene rings is 1. The molecule has 102 valence electrons. The molecule has 0 aliphatic carbocycles. The lowest BCUT2D eigenvalue weighted by molar-refractivity contribution is -0.136. The van der Waals surface area contributed by atoms with Crippen molar-refractivity contribution < 1.29 is 21.6 Å². The average Bonchev–Trinajstić information content (AvgIpc) is 2.81. The number of anilines is 1. The van der Waals surface area contributed by atoms with Crippen LogP contribution in [0.4, 0.5) is 18.9 Å². The van der Waals surface area contributed by atoms with E-state index in [0.717, 1.165) is 18.2 Å². The number of sulfonamides is 1. The number of aromatic amines is 1. The second kappa shape index (κ2) is 4.57. The van der Waals surface area contributed by atoms with Gasteiger partial charge in [-0.25, -0.2) is 0 Å². The van der Waals surface area contributed by atoms with Crippen LogP contribution in [0.5, 0.6) is 0 Å². The molecule has 5 nitrogen and oxygen atoms in total. The van der Waals surface area contributed by atoms with Crippen LogP contribution < -0.4 is 4.72 Å². The first-order chi connectivity index (χ1) is 8.81. The van der Waals surface area contributed by atoms with Crippen LogP contribution in [0, 0.1) is 0 Å². The molecule has 0 saturated heterocycles. The molecule has 19 heavy (non-hydrogen) atoms. The molecule has 0 aliphatic rings. The van der Waals surface area contributed by atoms with E-state index in [1.165, 1.54) is 18.3 Å². The number of H-pyrrole nitrogens is 1. The molecule has 0 radical (unpaired) electrons. The van der Waals surface area contributed by atoms with E-state index in [1.807, 2.05) is 4.72 Å². The number of hydrogen-bond donors (Lipinski definition) is 2. The Labute approximate surface area is 106 Å². The van der Waals surface area contributed by atoms with Crippen LogP contribution in [0.25, 0.3) is 0 Å². The fourth-order valence-corrected chi connectivity index (χ4v) is 2.40. The number of nitrogens with one attached hydrogen (secondary N) is 2. The molecular weight excluding hydrogens is 283 g/mol. The molecule has 9 heteroatoms. The highest BCUT2D eigenvalue weighted by Crippen LogP contribution is 2.35. The predicted molar refractivity (Wildman–Crippen MR) is 60.8 cm³/mol. The van der Waals surface area contributed by atoms with Crippen molar-refractivity contribution in [1.29, 1.82) is 0 Å². The van der Waals surface area contributed by atoms with Gasteiger partial charge in [0.1, 0.15) is 0 Å². The lowest BCUT2D eigenvalue weighted by Crippen LogP contribution is -2.17. The fourth-order valence-electron chi connectivity index (χ4n) is 1.41. The van der Waals surface area contributed by atoms with E-state index >= 15 is 0 Å². The molecular formula is C10H8F3N3O2S. The summed E-state index contributed by atoms with van der Waals surface area (Å²) in [7, 11) is -4.12. The standard InChI is InChI=1S/C10H8F3N3O2S/c11-10(12,13)7-3-1-2-4-8(7)16-19(17,18)9-5-6-14-15-9/h1-6,16H,(H,14,15). The van der Waals surface area contributed by atoms with Gasteiger partial charge in [-0.3, -0.25) is 9.82 Å². The van der Waals surface area contributed by atoms with Gasteiger partial charge in [0, 0.05) is 0 Å². The number of hydrogen-bond acceptors (Lipinski definition) is 3. The SMILES string of the molecule is O=S(=O)(Nc1ccccc1C(F)(F)F)c1ccn[nH]1. The molecule has 0 saturated carbocycles. The summed E-state index contributed by atoms with van der Waals surface area (Å²) >= 11 is 0. The summed E-state index contributed by atoms with van der Waals surface area (Å²) < 4.78 is 63.6. The first kappa shape index (κ1) is 13.4. The van der Waals surface area contributed by atoms with Gasteiger partial charge in [-0.05, 0) is 18.2 Å². The minimum atomic E-state index is -4.65. The monoisotopic (exact) mass is 291 g/mol. The Morgan fingerprint density at radius 2 is 1.84 bits per heavy atom. The second-order valence-corrected chi connectivity index (χ2v) is 5.22. The summed E-state index contributed by atoms with van der Waals surface area (Å²) in [4.78, 5) is 0. The molecule has 0 fully saturated rings. The normalized spacial score (nSPS) is 12.4. The number of aromatic nitrogens is 2. The van der Waals surface area contributed by atoms with Gasteiger partial charge >= 0.3 is 6.18 Å². The molecule has 0 aliphatic heterocycles. The van der Waals surface area contributed by atoms with Crippen molar-refractivity contribution in [2.45, 2.75) is 11.2 Å².